The van der Waals surface area contributed by atoms with Gasteiger partial charge >= 0.3 is 0 Å². The van der Waals surface area contributed by atoms with Gasteiger partial charge in [-0.25, -0.2) is 0 Å². The van der Waals surface area contributed by atoms with Crippen LogP contribution in [0.15, 0.2) is 0 Å². The van der Waals surface area contributed by atoms with Crippen LogP contribution in [0.5, 0.6) is 0 Å². The summed E-state index contributed by atoms with van der Waals surface area (Å²) in [6.45, 7) is 2.61. The number of hydrogen-bond acceptors (Lipinski definition) is 3. The van der Waals surface area contributed by atoms with Crippen molar-refractivity contribution in [1.82, 2.24) is 0 Å². The Morgan fingerprint density at radius 1 is 0.778 bits per heavy atom. The van der Waals surface area contributed by atoms with Crippen LogP contribution in [-0.2, 0) is 20.4 Å². The Bertz CT molecular complexity index is 177. The summed E-state index contributed by atoms with van der Waals surface area (Å²) in [5.74, 6) is -0.667. The number of nitrogens with two attached hydrogens (primary N) is 2. The quantitative estimate of drug-likeness (QED) is 0.699. The molecule has 0 radical (unpaired) electrons. The normalized spacial score (nSPS) is 12.7. The summed E-state index contributed by atoms with van der Waals surface area (Å²) >= 11 is 0. The van der Waals surface area contributed by atoms with Gasteiger partial charge in [0, 0.05) is 37.2 Å². The molecule has 0 saturated heterocycles. The van der Waals surface area contributed by atoms with Crippen LogP contribution in [0.1, 0.15) is 52.4 Å². The second-order valence-electron chi connectivity index (χ2n) is 4.08. The SMILES string of the molecule is C1CCCCC1.CC(N)=O.CC(N)=O.CS(C)=O. The lowest BCUT2D eigenvalue weighted by atomic mass is 10.0. The number of primary amides is 2. The molecular formula is C12H28N2O3S. The van der Waals surface area contributed by atoms with E-state index in [0.717, 1.165) is 0 Å². The topological polar surface area (TPSA) is 103 Å². The van der Waals surface area contributed by atoms with E-state index >= 15 is 0 Å². The predicted octanol–water partition coefficient (Wildman–Crippen LogP) is 1.32. The lowest BCUT2D eigenvalue weighted by Crippen LogP contribution is -2.01. The molecule has 6 heteroatoms. The van der Waals surface area contributed by atoms with Crippen molar-refractivity contribution in [3.05, 3.63) is 0 Å². The second kappa shape index (κ2) is 18.5. The average Bonchev–Trinajstić information content (AvgIpc) is 2.17. The van der Waals surface area contributed by atoms with Gasteiger partial charge in [0.1, 0.15) is 0 Å². The van der Waals surface area contributed by atoms with Crippen LogP contribution in [0, 0.1) is 0 Å². The summed E-state index contributed by atoms with van der Waals surface area (Å²) in [7, 11) is -0.611. The molecule has 0 atom stereocenters. The first-order valence-corrected chi connectivity index (χ1v) is 7.94. The maximum atomic E-state index is 9.56. The van der Waals surface area contributed by atoms with Crippen molar-refractivity contribution < 1.29 is 13.8 Å². The van der Waals surface area contributed by atoms with Crippen LogP contribution in [0.25, 0.3) is 0 Å². The van der Waals surface area contributed by atoms with E-state index in [4.69, 9.17) is 0 Å². The van der Waals surface area contributed by atoms with Gasteiger partial charge in [-0.3, -0.25) is 13.8 Å². The first kappa shape index (κ1) is 22.3. The number of carbonyl (C=O) groups is 2. The van der Waals surface area contributed by atoms with Crippen molar-refractivity contribution in [3.63, 3.8) is 0 Å². The maximum absolute atomic E-state index is 9.56. The van der Waals surface area contributed by atoms with Crippen LogP contribution in [0.4, 0.5) is 0 Å². The first-order chi connectivity index (χ1) is 8.20. The molecule has 0 spiro atoms. The molecule has 0 aliphatic heterocycles. The van der Waals surface area contributed by atoms with E-state index < -0.39 is 10.8 Å². The fourth-order valence-electron chi connectivity index (χ4n) is 1.06. The zero-order valence-corrected chi connectivity index (χ0v) is 12.8. The third kappa shape index (κ3) is 116. The van der Waals surface area contributed by atoms with Gasteiger partial charge in [-0.1, -0.05) is 38.5 Å². The van der Waals surface area contributed by atoms with Crippen molar-refractivity contribution in [1.29, 1.82) is 0 Å². The summed E-state index contributed by atoms with van der Waals surface area (Å²) in [6, 6.07) is 0. The molecule has 1 aliphatic rings. The van der Waals surface area contributed by atoms with Gasteiger partial charge in [-0.05, 0) is 0 Å². The molecular weight excluding hydrogens is 252 g/mol. The van der Waals surface area contributed by atoms with Crippen molar-refractivity contribution in [2.45, 2.75) is 52.4 Å². The number of carbonyl (C=O) groups excluding carboxylic acids is 2. The Hall–Kier alpha value is -0.910. The highest BCUT2D eigenvalue weighted by Gasteiger charge is 1.95. The van der Waals surface area contributed by atoms with Gasteiger partial charge in [-0.15, -0.1) is 0 Å². The monoisotopic (exact) mass is 280 g/mol. The molecule has 18 heavy (non-hydrogen) atoms. The van der Waals surface area contributed by atoms with E-state index in [1.807, 2.05) is 0 Å². The fraction of sp³-hybridized carbons (Fsp3) is 0.833. The summed E-state index contributed by atoms with van der Waals surface area (Å²) in [6.07, 6.45) is 12.3. The van der Waals surface area contributed by atoms with Crippen LogP contribution in [0.3, 0.4) is 0 Å². The molecule has 1 aliphatic carbocycles. The third-order valence-electron chi connectivity index (χ3n) is 1.50. The Kier molecular flexibility index (Phi) is 22.8. The Labute approximate surface area is 113 Å². The minimum absolute atomic E-state index is 0.333. The van der Waals surface area contributed by atoms with E-state index in [-0.39, 0.29) is 11.8 Å². The van der Waals surface area contributed by atoms with Gasteiger partial charge < -0.3 is 11.5 Å². The molecule has 1 saturated carbocycles. The summed E-state index contributed by atoms with van der Waals surface area (Å²) in [5.41, 5.74) is 8.94. The largest absolute Gasteiger partial charge is 0.370 e. The molecule has 1 fully saturated rings. The predicted molar refractivity (Wildman–Crippen MR) is 77.4 cm³/mol. The first-order valence-electron chi connectivity index (χ1n) is 5.97. The molecule has 0 unspecified atom stereocenters. The van der Waals surface area contributed by atoms with E-state index in [9.17, 15) is 13.8 Å². The molecule has 2 amide bonds. The second-order valence-corrected chi connectivity index (χ2v) is 5.57. The smallest absolute Gasteiger partial charge is 0.214 e. The van der Waals surface area contributed by atoms with E-state index in [1.54, 1.807) is 12.5 Å². The van der Waals surface area contributed by atoms with Gasteiger partial charge in [-0.2, -0.15) is 0 Å². The van der Waals surface area contributed by atoms with Crippen molar-refractivity contribution in [2.24, 2.45) is 11.5 Å². The van der Waals surface area contributed by atoms with Gasteiger partial charge in [0.15, 0.2) is 0 Å². The summed E-state index contributed by atoms with van der Waals surface area (Å²) in [5, 5.41) is 0. The van der Waals surface area contributed by atoms with E-state index in [0.29, 0.717) is 0 Å². The van der Waals surface area contributed by atoms with Crippen LogP contribution < -0.4 is 11.5 Å². The highest BCUT2D eigenvalue weighted by Crippen LogP contribution is 2.15. The lowest BCUT2D eigenvalue weighted by Gasteiger charge is -2.05. The average molecular weight is 280 g/mol. The van der Waals surface area contributed by atoms with E-state index in [1.165, 1.54) is 52.4 Å². The Morgan fingerprint density at radius 2 is 0.833 bits per heavy atom. The molecule has 0 aromatic heterocycles. The minimum atomic E-state index is -0.611. The van der Waals surface area contributed by atoms with Gasteiger partial charge in [0.2, 0.25) is 11.8 Å². The highest BCUT2D eigenvalue weighted by molar-refractivity contribution is 7.83. The van der Waals surface area contributed by atoms with Crippen LogP contribution in [0.2, 0.25) is 0 Å². The van der Waals surface area contributed by atoms with Crippen molar-refractivity contribution in [2.75, 3.05) is 12.5 Å². The molecule has 1 rings (SSSR count). The highest BCUT2D eigenvalue weighted by atomic mass is 32.2. The molecule has 0 bridgehead atoms. The maximum Gasteiger partial charge on any atom is 0.214 e. The fourth-order valence-corrected chi connectivity index (χ4v) is 1.06. The number of rotatable bonds is 0. The number of amides is 2. The zero-order valence-electron chi connectivity index (χ0n) is 12.0. The van der Waals surface area contributed by atoms with E-state index in [2.05, 4.69) is 11.5 Å². The standard InChI is InChI=1S/C6H12.2C2H5NO.C2H6OS/c1-2-4-6-5-3-1;2*1-2(3)4;1-4(2)3/h1-6H2;2*1H3,(H2,3,4);1-2H3. The molecule has 0 aromatic carbocycles. The van der Waals surface area contributed by atoms with Gasteiger partial charge in [0.25, 0.3) is 0 Å². The Morgan fingerprint density at radius 3 is 0.889 bits per heavy atom. The Balaban J connectivity index is -0.000000171. The molecule has 0 heterocycles. The molecule has 4 N–H and O–H groups in total. The third-order valence-corrected chi connectivity index (χ3v) is 1.50. The van der Waals surface area contributed by atoms with Gasteiger partial charge in [0.05, 0.1) is 0 Å². The van der Waals surface area contributed by atoms with Crippen LogP contribution >= 0.6 is 0 Å². The van der Waals surface area contributed by atoms with Crippen molar-refractivity contribution >= 4 is 22.6 Å². The zero-order chi connectivity index (χ0) is 15.0. The molecule has 5 nitrogen and oxygen atoms in total. The lowest BCUT2D eigenvalue weighted by molar-refractivity contribution is -0.116. The summed E-state index contributed by atoms with van der Waals surface area (Å²) < 4.78 is 9.56. The van der Waals surface area contributed by atoms with Crippen LogP contribution in [-0.4, -0.2) is 28.5 Å². The molecule has 110 valence electrons. The molecule has 0 aromatic rings. The number of hydrogen-bond donors (Lipinski definition) is 2. The minimum Gasteiger partial charge on any atom is -0.370 e. The summed E-state index contributed by atoms with van der Waals surface area (Å²) in [4.78, 5) is 18.4. The van der Waals surface area contributed by atoms with Crippen molar-refractivity contribution in [3.8, 4) is 0 Å².